The molecule has 124 valence electrons. The Bertz CT molecular complexity index is 781. The third-order valence-electron chi connectivity index (χ3n) is 3.18. The van der Waals surface area contributed by atoms with Gasteiger partial charge in [0.15, 0.2) is 5.11 Å². The number of nitro groups is 1. The fourth-order valence-electron chi connectivity index (χ4n) is 1.89. The summed E-state index contributed by atoms with van der Waals surface area (Å²) in [6.45, 7) is 2.30. The Morgan fingerprint density at radius 1 is 1.29 bits per heavy atom. The minimum absolute atomic E-state index is 0.0876. The summed E-state index contributed by atoms with van der Waals surface area (Å²) in [6.07, 6.45) is 0. The lowest BCUT2D eigenvalue weighted by Gasteiger charge is -2.08. The van der Waals surface area contributed by atoms with Gasteiger partial charge in [-0.25, -0.2) is 0 Å². The molecular formula is C16H15ClN4O2S. The van der Waals surface area contributed by atoms with Crippen molar-refractivity contribution in [2.24, 2.45) is 5.10 Å². The highest BCUT2D eigenvalue weighted by molar-refractivity contribution is 7.80. The Labute approximate surface area is 149 Å². The predicted molar refractivity (Wildman–Crippen MR) is 99.3 cm³/mol. The normalized spacial score (nSPS) is 11.0. The molecule has 0 unspecified atom stereocenters. The van der Waals surface area contributed by atoms with E-state index in [4.69, 9.17) is 23.8 Å². The van der Waals surface area contributed by atoms with Crippen LogP contribution in [0.5, 0.6) is 0 Å². The summed E-state index contributed by atoms with van der Waals surface area (Å²) in [7, 11) is 0. The lowest BCUT2D eigenvalue weighted by atomic mass is 10.1. The molecular weight excluding hydrogens is 348 g/mol. The van der Waals surface area contributed by atoms with Crippen LogP contribution in [-0.4, -0.2) is 15.7 Å². The number of rotatable bonds is 5. The first-order valence-electron chi connectivity index (χ1n) is 7.03. The molecule has 0 amide bonds. The van der Waals surface area contributed by atoms with Crippen molar-refractivity contribution in [3.63, 3.8) is 0 Å². The third kappa shape index (κ3) is 5.00. The zero-order chi connectivity index (χ0) is 17.5. The summed E-state index contributed by atoms with van der Waals surface area (Å²) in [4.78, 5) is 10.4. The number of hydrogen-bond donors (Lipinski definition) is 2. The van der Waals surface area contributed by atoms with Crippen molar-refractivity contribution in [1.29, 1.82) is 0 Å². The van der Waals surface area contributed by atoms with E-state index in [0.29, 0.717) is 22.9 Å². The number of nitro benzene ring substituents is 1. The quantitative estimate of drug-likeness (QED) is 0.367. The molecule has 2 aromatic rings. The Balaban J connectivity index is 1.97. The smallest absolute Gasteiger partial charge is 0.288 e. The van der Waals surface area contributed by atoms with Gasteiger partial charge in [-0.05, 0) is 30.8 Å². The molecule has 0 radical (unpaired) electrons. The monoisotopic (exact) mass is 362 g/mol. The van der Waals surface area contributed by atoms with Gasteiger partial charge in [-0.15, -0.1) is 0 Å². The lowest BCUT2D eigenvalue weighted by molar-refractivity contribution is -0.384. The third-order valence-corrected chi connectivity index (χ3v) is 3.74. The van der Waals surface area contributed by atoms with Crippen molar-refractivity contribution >= 4 is 40.3 Å². The molecule has 2 N–H and O–H groups in total. The number of benzene rings is 2. The summed E-state index contributed by atoms with van der Waals surface area (Å²) >= 11 is 10.9. The first-order valence-corrected chi connectivity index (χ1v) is 7.82. The molecule has 0 fully saturated rings. The standard InChI is InChI=1S/C16H15ClN4O2S/c1-11(13-7-8-14(17)15(9-13)21(22)23)19-20-16(24)18-10-12-5-3-2-4-6-12/h2-9H,10H2,1H3,(H2,18,20,24)/b19-11-. The van der Waals surface area contributed by atoms with Crippen molar-refractivity contribution < 1.29 is 4.92 Å². The van der Waals surface area contributed by atoms with Crippen LogP contribution in [0.3, 0.4) is 0 Å². The van der Waals surface area contributed by atoms with Crippen molar-refractivity contribution in [1.82, 2.24) is 10.7 Å². The number of halogens is 1. The maximum absolute atomic E-state index is 10.9. The fraction of sp³-hybridized carbons (Fsp3) is 0.125. The van der Waals surface area contributed by atoms with E-state index in [9.17, 15) is 10.1 Å². The summed E-state index contributed by atoms with van der Waals surface area (Å²) in [5.74, 6) is 0. The van der Waals surface area contributed by atoms with E-state index >= 15 is 0 Å². The minimum atomic E-state index is -0.529. The van der Waals surface area contributed by atoms with E-state index in [2.05, 4.69) is 15.8 Å². The zero-order valence-electron chi connectivity index (χ0n) is 12.8. The Morgan fingerprint density at radius 3 is 2.67 bits per heavy atom. The maximum Gasteiger partial charge on any atom is 0.288 e. The number of hydrogen-bond acceptors (Lipinski definition) is 4. The van der Waals surface area contributed by atoms with Crippen LogP contribution in [0, 0.1) is 10.1 Å². The van der Waals surface area contributed by atoms with E-state index in [1.54, 1.807) is 13.0 Å². The number of nitrogens with zero attached hydrogens (tertiary/aromatic N) is 2. The highest BCUT2D eigenvalue weighted by atomic mass is 35.5. The molecule has 2 aromatic carbocycles. The van der Waals surface area contributed by atoms with Gasteiger partial charge in [0.2, 0.25) is 0 Å². The average Bonchev–Trinajstić information content (AvgIpc) is 2.59. The highest BCUT2D eigenvalue weighted by Gasteiger charge is 2.13. The summed E-state index contributed by atoms with van der Waals surface area (Å²) in [6, 6.07) is 14.3. The molecule has 0 saturated carbocycles. The summed E-state index contributed by atoms with van der Waals surface area (Å²) in [5.41, 5.74) is 4.80. The van der Waals surface area contributed by atoms with Crippen LogP contribution in [0.2, 0.25) is 5.02 Å². The second kappa shape index (κ2) is 8.37. The van der Waals surface area contributed by atoms with Crippen molar-refractivity contribution in [3.8, 4) is 0 Å². The van der Waals surface area contributed by atoms with Crippen LogP contribution in [0.25, 0.3) is 0 Å². The molecule has 24 heavy (non-hydrogen) atoms. The van der Waals surface area contributed by atoms with Crippen LogP contribution in [0.4, 0.5) is 5.69 Å². The van der Waals surface area contributed by atoms with E-state index < -0.39 is 4.92 Å². The van der Waals surface area contributed by atoms with Gasteiger partial charge < -0.3 is 5.32 Å². The van der Waals surface area contributed by atoms with Crippen LogP contribution in [0.1, 0.15) is 18.1 Å². The molecule has 2 rings (SSSR count). The van der Waals surface area contributed by atoms with Gasteiger partial charge in [-0.1, -0.05) is 48.0 Å². The van der Waals surface area contributed by atoms with Crippen molar-refractivity contribution in [2.45, 2.75) is 13.5 Å². The van der Waals surface area contributed by atoms with Crippen LogP contribution < -0.4 is 10.7 Å². The van der Waals surface area contributed by atoms with Crippen LogP contribution in [0.15, 0.2) is 53.6 Å². The lowest BCUT2D eigenvalue weighted by Crippen LogP contribution is -2.32. The van der Waals surface area contributed by atoms with Gasteiger partial charge >= 0.3 is 0 Å². The Kier molecular flexibility index (Phi) is 6.22. The molecule has 0 bridgehead atoms. The Hall–Kier alpha value is -2.51. The number of thiocarbonyl (C=S) groups is 1. The molecule has 0 aromatic heterocycles. The predicted octanol–water partition coefficient (Wildman–Crippen LogP) is 3.64. The van der Waals surface area contributed by atoms with Gasteiger partial charge in [-0.3, -0.25) is 15.5 Å². The first-order chi connectivity index (χ1) is 11.5. The van der Waals surface area contributed by atoms with E-state index in [1.807, 2.05) is 30.3 Å². The molecule has 0 heterocycles. The SMILES string of the molecule is C/C(=N/NC(=S)NCc1ccccc1)c1ccc(Cl)c([N+](=O)[O-])c1. The molecule has 6 nitrogen and oxygen atoms in total. The molecule has 0 aliphatic heterocycles. The fourth-order valence-corrected chi connectivity index (χ4v) is 2.20. The average molecular weight is 363 g/mol. The zero-order valence-corrected chi connectivity index (χ0v) is 14.4. The molecule has 0 spiro atoms. The van der Waals surface area contributed by atoms with Gasteiger partial charge in [-0.2, -0.15) is 5.10 Å². The molecule has 8 heteroatoms. The minimum Gasteiger partial charge on any atom is -0.357 e. The molecule has 0 saturated heterocycles. The maximum atomic E-state index is 10.9. The first kappa shape index (κ1) is 17.8. The van der Waals surface area contributed by atoms with Crippen LogP contribution in [-0.2, 0) is 6.54 Å². The second-order valence-corrected chi connectivity index (χ2v) is 5.72. The topological polar surface area (TPSA) is 79.6 Å². The van der Waals surface area contributed by atoms with Gasteiger partial charge in [0.25, 0.3) is 5.69 Å². The van der Waals surface area contributed by atoms with Gasteiger partial charge in [0, 0.05) is 18.2 Å². The van der Waals surface area contributed by atoms with Crippen molar-refractivity contribution in [3.05, 3.63) is 74.8 Å². The summed E-state index contributed by atoms with van der Waals surface area (Å²) in [5, 5.41) is 18.5. The second-order valence-electron chi connectivity index (χ2n) is 4.90. The number of nitrogens with one attached hydrogen (secondary N) is 2. The molecule has 0 aliphatic rings. The van der Waals surface area contributed by atoms with Crippen molar-refractivity contribution in [2.75, 3.05) is 0 Å². The highest BCUT2D eigenvalue weighted by Crippen LogP contribution is 2.25. The van der Waals surface area contributed by atoms with Gasteiger partial charge in [0.1, 0.15) is 5.02 Å². The van der Waals surface area contributed by atoms with E-state index in [0.717, 1.165) is 5.56 Å². The Morgan fingerprint density at radius 2 is 2.00 bits per heavy atom. The van der Waals surface area contributed by atoms with Crippen LogP contribution >= 0.6 is 23.8 Å². The largest absolute Gasteiger partial charge is 0.357 e. The van der Waals surface area contributed by atoms with E-state index in [1.165, 1.54) is 12.1 Å². The number of hydrazone groups is 1. The van der Waals surface area contributed by atoms with Gasteiger partial charge in [0.05, 0.1) is 10.6 Å². The van der Waals surface area contributed by atoms with E-state index in [-0.39, 0.29) is 10.7 Å². The molecule has 0 aliphatic carbocycles. The summed E-state index contributed by atoms with van der Waals surface area (Å²) < 4.78 is 0. The molecule has 0 atom stereocenters.